The van der Waals surface area contributed by atoms with Crippen LogP contribution in [0.5, 0.6) is 0 Å². The van der Waals surface area contributed by atoms with Gasteiger partial charge in [-0.2, -0.15) is 0 Å². The molecule has 0 atom stereocenters. The highest BCUT2D eigenvalue weighted by Crippen LogP contribution is 2.07. The monoisotopic (exact) mass is 288 g/mol. The molecule has 0 aliphatic rings. The van der Waals surface area contributed by atoms with Gasteiger partial charge in [-0.3, -0.25) is 4.79 Å². The van der Waals surface area contributed by atoms with Gasteiger partial charge in [0.15, 0.2) is 0 Å². The lowest BCUT2D eigenvalue weighted by Gasteiger charge is -2.08. The number of amides is 1. The average Bonchev–Trinajstić information content (AvgIpc) is 2.48. The maximum atomic E-state index is 12.1. The Hall–Kier alpha value is -1.83. The minimum Gasteiger partial charge on any atom is -0.381 e. The molecule has 0 unspecified atom stereocenters. The molecule has 0 saturated carbocycles. The Morgan fingerprint density at radius 2 is 2.14 bits per heavy atom. The van der Waals surface area contributed by atoms with E-state index in [9.17, 15) is 4.79 Å². The van der Waals surface area contributed by atoms with Crippen molar-refractivity contribution in [1.29, 1.82) is 0 Å². The van der Waals surface area contributed by atoms with Crippen molar-refractivity contribution in [2.75, 3.05) is 26.3 Å². The lowest BCUT2D eigenvalue weighted by Crippen LogP contribution is -2.26. The molecule has 1 rings (SSSR count). The van der Waals surface area contributed by atoms with Gasteiger partial charge in [0.1, 0.15) is 0 Å². The van der Waals surface area contributed by atoms with Crippen LogP contribution in [0.2, 0.25) is 0 Å². The summed E-state index contributed by atoms with van der Waals surface area (Å²) in [5.74, 6) is 6.11. The standard InChI is InChI=1S/C17H24N2O2/c1-14(2)13-21-12-6-11-19-17(20)16-9-4-3-7-15(16)8-5-10-18/h3-4,7,9,14H,6,10-13,18H2,1-2H3,(H,19,20). The smallest absolute Gasteiger partial charge is 0.252 e. The highest BCUT2D eigenvalue weighted by Gasteiger charge is 2.08. The van der Waals surface area contributed by atoms with E-state index in [1.54, 1.807) is 6.07 Å². The summed E-state index contributed by atoms with van der Waals surface area (Å²) in [6.07, 6.45) is 0.801. The van der Waals surface area contributed by atoms with E-state index in [1.807, 2.05) is 18.2 Å². The molecule has 0 bridgehead atoms. The van der Waals surface area contributed by atoms with Gasteiger partial charge in [-0.25, -0.2) is 0 Å². The third-order valence-corrected chi connectivity index (χ3v) is 2.70. The van der Waals surface area contributed by atoms with Crippen LogP contribution in [0.4, 0.5) is 0 Å². The topological polar surface area (TPSA) is 64.3 Å². The minimum atomic E-state index is -0.110. The Balaban J connectivity index is 2.42. The lowest BCUT2D eigenvalue weighted by molar-refractivity contribution is 0.0925. The molecule has 0 aromatic heterocycles. The predicted octanol–water partition coefficient (Wildman–Crippen LogP) is 1.79. The van der Waals surface area contributed by atoms with Crippen LogP contribution < -0.4 is 11.1 Å². The zero-order valence-electron chi connectivity index (χ0n) is 12.8. The quantitative estimate of drug-likeness (QED) is 0.594. The fraction of sp³-hybridized carbons (Fsp3) is 0.471. The van der Waals surface area contributed by atoms with Gasteiger partial charge < -0.3 is 15.8 Å². The number of carbonyl (C=O) groups is 1. The summed E-state index contributed by atoms with van der Waals surface area (Å²) >= 11 is 0. The molecule has 1 aromatic rings. The van der Waals surface area contributed by atoms with Gasteiger partial charge in [0.25, 0.3) is 5.91 Å². The van der Waals surface area contributed by atoms with E-state index in [0.29, 0.717) is 30.2 Å². The van der Waals surface area contributed by atoms with Crippen LogP contribution >= 0.6 is 0 Å². The molecule has 3 N–H and O–H groups in total. The molecule has 21 heavy (non-hydrogen) atoms. The summed E-state index contributed by atoms with van der Waals surface area (Å²) in [4.78, 5) is 12.1. The van der Waals surface area contributed by atoms with Crippen LogP contribution in [0.15, 0.2) is 24.3 Å². The average molecular weight is 288 g/mol. The summed E-state index contributed by atoms with van der Waals surface area (Å²) in [6.45, 7) is 6.51. The molecular weight excluding hydrogens is 264 g/mol. The molecule has 1 amide bonds. The number of hydrogen-bond donors (Lipinski definition) is 2. The fourth-order valence-electron chi connectivity index (χ4n) is 1.73. The van der Waals surface area contributed by atoms with E-state index in [-0.39, 0.29) is 12.5 Å². The highest BCUT2D eigenvalue weighted by molar-refractivity contribution is 5.96. The highest BCUT2D eigenvalue weighted by atomic mass is 16.5. The van der Waals surface area contributed by atoms with E-state index < -0.39 is 0 Å². The van der Waals surface area contributed by atoms with Crippen LogP contribution in [0.1, 0.15) is 36.2 Å². The molecule has 0 radical (unpaired) electrons. The zero-order chi connectivity index (χ0) is 15.5. The van der Waals surface area contributed by atoms with Crippen LogP contribution in [0, 0.1) is 17.8 Å². The number of rotatable bonds is 7. The van der Waals surface area contributed by atoms with Crippen LogP contribution in [0.25, 0.3) is 0 Å². The van der Waals surface area contributed by atoms with Gasteiger partial charge in [0, 0.05) is 25.3 Å². The van der Waals surface area contributed by atoms with E-state index >= 15 is 0 Å². The molecule has 4 nitrogen and oxygen atoms in total. The van der Waals surface area contributed by atoms with E-state index in [0.717, 1.165) is 13.0 Å². The first-order valence-corrected chi connectivity index (χ1v) is 7.29. The Morgan fingerprint density at radius 3 is 2.86 bits per heavy atom. The largest absolute Gasteiger partial charge is 0.381 e. The van der Waals surface area contributed by atoms with E-state index in [4.69, 9.17) is 10.5 Å². The lowest BCUT2D eigenvalue weighted by atomic mass is 10.1. The number of nitrogens with one attached hydrogen (secondary N) is 1. The van der Waals surface area contributed by atoms with Crippen molar-refractivity contribution in [2.24, 2.45) is 11.7 Å². The van der Waals surface area contributed by atoms with Gasteiger partial charge in [-0.05, 0) is 24.5 Å². The summed E-state index contributed by atoms with van der Waals surface area (Å²) in [6, 6.07) is 7.28. The van der Waals surface area contributed by atoms with Crippen molar-refractivity contribution in [2.45, 2.75) is 20.3 Å². The van der Waals surface area contributed by atoms with Crippen molar-refractivity contribution in [3.63, 3.8) is 0 Å². The van der Waals surface area contributed by atoms with E-state index in [1.165, 1.54) is 0 Å². The van der Waals surface area contributed by atoms with Crippen LogP contribution in [0.3, 0.4) is 0 Å². The third kappa shape index (κ3) is 6.94. The Bertz CT molecular complexity index is 501. The number of carbonyl (C=O) groups excluding carboxylic acids is 1. The first kappa shape index (κ1) is 17.2. The summed E-state index contributed by atoms with van der Waals surface area (Å²) in [5.41, 5.74) is 6.65. The number of ether oxygens (including phenoxy) is 1. The molecule has 0 aliphatic carbocycles. The molecule has 0 saturated heterocycles. The molecule has 4 heteroatoms. The molecule has 0 aliphatic heterocycles. The minimum absolute atomic E-state index is 0.110. The second-order valence-corrected chi connectivity index (χ2v) is 5.13. The van der Waals surface area contributed by atoms with Gasteiger partial charge in [0.05, 0.1) is 12.1 Å². The Kier molecular flexibility index (Phi) is 8.18. The Morgan fingerprint density at radius 1 is 1.38 bits per heavy atom. The molecule has 0 spiro atoms. The predicted molar refractivity (Wildman–Crippen MR) is 85.0 cm³/mol. The van der Waals surface area contributed by atoms with Crippen molar-refractivity contribution in [3.8, 4) is 11.8 Å². The summed E-state index contributed by atoms with van der Waals surface area (Å²) in [5, 5.41) is 2.89. The first-order valence-electron chi connectivity index (χ1n) is 7.29. The molecule has 1 aromatic carbocycles. The fourth-order valence-corrected chi connectivity index (χ4v) is 1.73. The van der Waals surface area contributed by atoms with Gasteiger partial charge in [0.2, 0.25) is 0 Å². The number of nitrogens with two attached hydrogens (primary N) is 1. The molecule has 114 valence electrons. The third-order valence-electron chi connectivity index (χ3n) is 2.70. The van der Waals surface area contributed by atoms with Crippen molar-refractivity contribution in [3.05, 3.63) is 35.4 Å². The van der Waals surface area contributed by atoms with Crippen LogP contribution in [-0.2, 0) is 4.74 Å². The van der Waals surface area contributed by atoms with Crippen molar-refractivity contribution in [1.82, 2.24) is 5.32 Å². The van der Waals surface area contributed by atoms with Gasteiger partial charge in [-0.1, -0.05) is 37.8 Å². The number of hydrogen-bond acceptors (Lipinski definition) is 3. The van der Waals surface area contributed by atoms with Gasteiger partial charge >= 0.3 is 0 Å². The Labute approximate surface area is 127 Å². The maximum absolute atomic E-state index is 12.1. The number of benzene rings is 1. The summed E-state index contributed by atoms with van der Waals surface area (Å²) in [7, 11) is 0. The SMILES string of the molecule is CC(C)COCCCNC(=O)c1ccccc1C#CCN. The second-order valence-electron chi connectivity index (χ2n) is 5.13. The normalized spacial score (nSPS) is 10.1. The molecule has 0 fully saturated rings. The van der Waals surface area contributed by atoms with E-state index in [2.05, 4.69) is 31.0 Å². The summed E-state index contributed by atoms with van der Waals surface area (Å²) < 4.78 is 5.47. The maximum Gasteiger partial charge on any atom is 0.252 e. The van der Waals surface area contributed by atoms with Gasteiger partial charge in [-0.15, -0.1) is 0 Å². The molecule has 0 heterocycles. The van der Waals surface area contributed by atoms with Crippen LogP contribution in [-0.4, -0.2) is 32.2 Å². The van der Waals surface area contributed by atoms with Crippen molar-refractivity contribution < 1.29 is 9.53 Å². The zero-order valence-corrected chi connectivity index (χ0v) is 12.8. The second kappa shape index (κ2) is 9.98. The molecular formula is C17H24N2O2. The van der Waals surface area contributed by atoms with Crippen molar-refractivity contribution >= 4 is 5.91 Å². The first-order chi connectivity index (χ1) is 10.1.